The Labute approximate surface area is 203 Å². The number of nitriles is 1. The van der Waals surface area contributed by atoms with E-state index in [0.29, 0.717) is 17.7 Å². The second-order valence-electron chi connectivity index (χ2n) is 8.01. The van der Waals surface area contributed by atoms with Gasteiger partial charge in [0.05, 0.1) is 42.3 Å². The molecule has 4 rings (SSSR count). The molecule has 1 unspecified atom stereocenters. The normalized spacial score (nSPS) is 22.8. The Morgan fingerprint density at radius 1 is 1.33 bits per heavy atom. The fourth-order valence-corrected chi connectivity index (χ4v) is 5.89. The predicted octanol–water partition coefficient (Wildman–Crippen LogP) is 1.95. The van der Waals surface area contributed by atoms with E-state index in [1.165, 1.54) is 6.20 Å². The molecule has 0 saturated carbocycles. The Balaban J connectivity index is 1.24. The van der Waals surface area contributed by atoms with E-state index >= 15 is 0 Å². The van der Waals surface area contributed by atoms with Gasteiger partial charge in [0, 0.05) is 25.7 Å². The Kier molecular flexibility index (Phi) is 7.87. The van der Waals surface area contributed by atoms with Crippen LogP contribution < -0.4 is 15.2 Å². The molecule has 2 fully saturated rings. The van der Waals surface area contributed by atoms with Crippen LogP contribution in [0.5, 0.6) is 5.75 Å². The van der Waals surface area contributed by atoms with Crippen LogP contribution in [0.15, 0.2) is 33.8 Å². The van der Waals surface area contributed by atoms with Crippen LogP contribution in [0.2, 0.25) is 0 Å². The molecule has 12 heteroatoms. The van der Waals surface area contributed by atoms with Crippen molar-refractivity contribution < 1.29 is 14.0 Å². The summed E-state index contributed by atoms with van der Waals surface area (Å²) in [5.41, 5.74) is -0.183. The molecule has 0 aliphatic carbocycles. The monoisotopic (exact) mass is 536 g/mol. The van der Waals surface area contributed by atoms with Crippen molar-refractivity contribution in [1.82, 2.24) is 19.5 Å². The lowest BCUT2D eigenvalue weighted by Crippen LogP contribution is -2.46. The van der Waals surface area contributed by atoms with Crippen LogP contribution in [0.1, 0.15) is 31.7 Å². The minimum Gasteiger partial charge on any atom is -0.596 e. The number of rotatable bonds is 7. The molecule has 176 valence electrons. The lowest BCUT2D eigenvalue weighted by Gasteiger charge is -2.36. The molecule has 3 atom stereocenters. The molecule has 10 nitrogen and oxygen atoms in total. The number of ether oxygens (including phenoxy) is 2. The fraction of sp³-hybridized carbons (Fsp3) is 0.524. The fourth-order valence-electron chi connectivity index (χ4n) is 4.01. The molecule has 0 aromatic carbocycles. The van der Waals surface area contributed by atoms with Crippen LogP contribution in [-0.2, 0) is 16.1 Å². The van der Waals surface area contributed by atoms with E-state index in [4.69, 9.17) is 14.7 Å². The van der Waals surface area contributed by atoms with Gasteiger partial charge in [-0.1, -0.05) is 0 Å². The summed E-state index contributed by atoms with van der Waals surface area (Å²) in [5, 5.41) is 15.0. The maximum atomic E-state index is 13.0. The van der Waals surface area contributed by atoms with Crippen molar-refractivity contribution >= 4 is 33.1 Å². The number of piperidine rings is 1. The molecular formula is C21H25BrN6O4S. The van der Waals surface area contributed by atoms with Crippen molar-refractivity contribution in [2.45, 2.75) is 43.8 Å². The van der Waals surface area contributed by atoms with Gasteiger partial charge in [-0.3, -0.25) is 4.79 Å². The van der Waals surface area contributed by atoms with E-state index in [2.05, 4.69) is 46.4 Å². The number of pyridine rings is 1. The molecule has 0 bridgehead atoms. The number of hydrogen-bond donors (Lipinski definition) is 1. The van der Waals surface area contributed by atoms with Crippen molar-refractivity contribution in [2.24, 2.45) is 0 Å². The van der Waals surface area contributed by atoms with Gasteiger partial charge in [-0.25, -0.2) is 10.1 Å². The number of aromatic amines is 1. The van der Waals surface area contributed by atoms with E-state index < -0.39 is 11.4 Å². The van der Waals surface area contributed by atoms with Crippen LogP contribution in [0.25, 0.3) is 0 Å². The van der Waals surface area contributed by atoms with E-state index in [9.17, 15) is 9.35 Å². The van der Waals surface area contributed by atoms with Gasteiger partial charge in [0.1, 0.15) is 22.5 Å². The third-order valence-corrected chi connectivity index (χ3v) is 8.24. The molecule has 2 aliphatic heterocycles. The van der Waals surface area contributed by atoms with E-state index in [1.54, 1.807) is 12.3 Å². The highest BCUT2D eigenvalue weighted by atomic mass is 79.9. The first-order chi connectivity index (χ1) is 16.0. The lowest BCUT2D eigenvalue weighted by molar-refractivity contribution is 0.0413. The summed E-state index contributed by atoms with van der Waals surface area (Å²) in [6, 6.07) is 5.98. The van der Waals surface area contributed by atoms with Crippen LogP contribution in [0.3, 0.4) is 0 Å². The zero-order valence-corrected chi connectivity index (χ0v) is 20.5. The molecule has 33 heavy (non-hydrogen) atoms. The molecule has 0 radical (unpaired) electrons. The molecule has 1 N–H and O–H groups in total. The first kappa shape index (κ1) is 24.0. The summed E-state index contributed by atoms with van der Waals surface area (Å²) >= 11 is 1.97. The van der Waals surface area contributed by atoms with Gasteiger partial charge < -0.3 is 18.9 Å². The first-order valence-electron chi connectivity index (χ1n) is 10.8. The van der Waals surface area contributed by atoms with E-state index in [-0.39, 0.29) is 34.2 Å². The number of nitrogens with zero attached hydrogens (tertiary/aromatic N) is 5. The van der Waals surface area contributed by atoms with Crippen molar-refractivity contribution in [3.8, 4) is 11.8 Å². The Morgan fingerprint density at radius 2 is 2.12 bits per heavy atom. The van der Waals surface area contributed by atoms with Gasteiger partial charge >= 0.3 is 0 Å². The quantitative estimate of drug-likeness (QED) is 0.527. The van der Waals surface area contributed by atoms with Gasteiger partial charge in [-0.05, 0) is 47.8 Å². The number of anilines is 1. The zero-order valence-electron chi connectivity index (χ0n) is 18.1. The van der Waals surface area contributed by atoms with E-state index in [0.717, 1.165) is 38.3 Å². The minimum atomic E-state index is -1.22. The number of nitrogens with one attached hydrogen (secondary N) is 1. The van der Waals surface area contributed by atoms with Crippen LogP contribution in [-0.4, -0.2) is 67.9 Å². The Bertz CT molecular complexity index is 1040. The van der Waals surface area contributed by atoms with Crippen molar-refractivity contribution in [3.05, 3.63) is 44.9 Å². The number of aromatic nitrogens is 3. The molecule has 2 aromatic heterocycles. The number of hydrogen-bond acceptors (Lipinski definition) is 9. The standard InChI is InChI=1S/C21H25BrN6O4S/c1-14(32-17-12-25-26-21(29)20(17)22)13-31-19-6-9-28(33(19)30)16-4-7-27(8-5-16)18-3-2-15(10-23)11-24-18/h2-3,11-12,14,16,19H,4-9,13H2,1H3,(H,26,29)/t14-,19-,33?/m0/s1. The van der Waals surface area contributed by atoms with Gasteiger partial charge in [0.15, 0.2) is 5.75 Å². The van der Waals surface area contributed by atoms with E-state index in [1.807, 2.05) is 13.0 Å². The maximum absolute atomic E-state index is 13.0. The van der Waals surface area contributed by atoms with Crippen molar-refractivity contribution in [1.29, 1.82) is 5.26 Å². The lowest BCUT2D eigenvalue weighted by atomic mass is 10.0. The summed E-state index contributed by atoms with van der Waals surface area (Å²) in [4.78, 5) is 18.2. The highest BCUT2D eigenvalue weighted by Crippen LogP contribution is 2.31. The summed E-state index contributed by atoms with van der Waals surface area (Å²) in [5.74, 6) is 1.21. The smallest absolute Gasteiger partial charge is 0.282 e. The van der Waals surface area contributed by atoms with Gasteiger partial charge in [0.2, 0.25) is 5.44 Å². The van der Waals surface area contributed by atoms with Gasteiger partial charge in [0.25, 0.3) is 5.56 Å². The largest absolute Gasteiger partial charge is 0.596 e. The molecule has 2 aliphatic rings. The molecule has 4 heterocycles. The first-order valence-corrected chi connectivity index (χ1v) is 12.7. The minimum absolute atomic E-state index is 0.237. The Morgan fingerprint density at radius 3 is 2.82 bits per heavy atom. The average Bonchev–Trinajstić information content (AvgIpc) is 3.21. The number of H-pyrrole nitrogens is 1. The van der Waals surface area contributed by atoms with Crippen molar-refractivity contribution in [3.63, 3.8) is 0 Å². The summed E-state index contributed by atoms with van der Waals surface area (Å²) in [6.07, 6.45) is 5.17. The van der Waals surface area contributed by atoms with Crippen LogP contribution >= 0.6 is 15.9 Å². The predicted molar refractivity (Wildman–Crippen MR) is 126 cm³/mol. The highest BCUT2D eigenvalue weighted by molar-refractivity contribution is 9.10. The third kappa shape index (κ3) is 5.67. The third-order valence-electron chi connectivity index (χ3n) is 5.72. The second kappa shape index (κ2) is 10.8. The molecule has 0 amide bonds. The molecule has 0 spiro atoms. The SMILES string of the molecule is C[C@@H](CO[C@@H]1CCN(C2CCN(c3ccc(C#N)cn3)CC2)[S+]1[O-])Oc1cn[nH]c(=O)c1Br. The van der Waals surface area contributed by atoms with Gasteiger partial charge in [-0.15, -0.1) is 4.31 Å². The van der Waals surface area contributed by atoms with Crippen LogP contribution in [0.4, 0.5) is 5.82 Å². The Hall–Kier alpha value is -2.17. The molecule has 2 saturated heterocycles. The number of halogens is 1. The average molecular weight is 537 g/mol. The molecular weight excluding hydrogens is 512 g/mol. The second-order valence-corrected chi connectivity index (χ2v) is 10.3. The van der Waals surface area contributed by atoms with Crippen molar-refractivity contribution in [2.75, 3.05) is 31.1 Å². The maximum Gasteiger partial charge on any atom is 0.282 e. The summed E-state index contributed by atoms with van der Waals surface area (Å²) in [7, 11) is 0. The van der Waals surface area contributed by atoms with Gasteiger partial charge in [-0.2, -0.15) is 10.4 Å². The highest BCUT2D eigenvalue weighted by Gasteiger charge is 2.43. The zero-order chi connectivity index (χ0) is 23.4. The summed E-state index contributed by atoms with van der Waals surface area (Å²) < 4.78 is 27.0. The topological polar surface area (TPSA) is 130 Å². The summed E-state index contributed by atoms with van der Waals surface area (Å²) in [6.45, 7) is 4.47. The van der Waals surface area contributed by atoms with Crippen LogP contribution in [0, 0.1) is 11.3 Å². The molecule has 2 aromatic rings.